The molecule has 0 saturated heterocycles. The number of hydrogen-bond donors (Lipinski definition) is 2. The number of rotatable bonds is 3. The number of para-hydroxylation sites is 1. The summed E-state index contributed by atoms with van der Waals surface area (Å²) < 4.78 is 5.37. The van der Waals surface area contributed by atoms with Gasteiger partial charge in [-0.25, -0.2) is 4.79 Å². The van der Waals surface area contributed by atoms with Crippen LogP contribution >= 0.6 is 11.3 Å². The first-order valence-electron chi connectivity index (χ1n) is 5.63. The molecule has 19 heavy (non-hydrogen) atoms. The van der Waals surface area contributed by atoms with Gasteiger partial charge in [0.15, 0.2) is 0 Å². The maximum absolute atomic E-state index is 11.1. The molecular weight excluding hydrogens is 264 g/mol. The second kappa shape index (κ2) is 4.53. The van der Waals surface area contributed by atoms with Gasteiger partial charge >= 0.3 is 5.97 Å². The summed E-state index contributed by atoms with van der Waals surface area (Å²) in [6, 6.07) is 8.83. The van der Waals surface area contributed by atoms with Crippen molar-refractivity contribution >= 4 is 28.3 Å². The summed E-state index contributed by atoms with van der Waals surface area (Å²) in [5.41, 5.74) is 1.38. The summed E-state index contributed by atoms with van der Waals surface area (Å²) in [4.78, 5) is 11.5. The number of fused-ring (bicyclic) bond motifs is 1. The van der Waals surface area contributed by atoms with E-state index < -0.39 is 12.1 Å². The zero-order valence-electron chi connectivity index (χ0n) is 9.74. The van der Waals surface area contributed by atoms with E-state index in [-0.39, 0.29) is 5.56 Å². The van der Waals surface area contributed by atoms with Crippen molar-refractivity contribution in [3.05, 3.63) is 58.0 Å². The first kappa shape index (κ1) is 12.0. The van der Waals surface area contributed by atoms with Gasteiger partial charge in [-0.05, 0) is 17.5 Å². The Morgan fingerprint density at radius 3 is 2.84 bits per heavy atom. The molecule has 96 valence electrons. The SMILES string of the molecule is O=C(O)c1ccsc1C(O)c1coc2ccccc12. The van der Waals surface area contributed by atoms with Gasteiger partial charge in [-0.3, -0.25) is 0 Å². The van der Waals surface area contributed by atoms with Crippen molar-refractivity contribution in [2.45, 2.75) is 6.10 Å². The smallest absolute Gasteiger partial charge is 0.336 e. The molecule has 5 heteroatoms. The molecule has 0 aliphatic carbocycles. The van der Waals surface area contributed by atoms with E-state index in [1.807, 2.05) is 18.2 Å². The largest absolute Gasteiger partial charge is 0.478 e. The first-order chi connectivity index (χ1) is 9.18. The molecule has 2 heterocycles. The lowest BCUT2D eigenvalue weighted by Crippen LogP contribution is -2.04. The third-order valence-electron chi connectivity index (χ3n) is 2.98. The van der Waals surface area contributed by atoms with Crippen molar-refractivity contribution in [3.8, 4) is 0 Å². The summed E-state index contributed by atoms with van der Waals surface area (Å²) in [6.07, 6.45) is 0.482. The molecule has 0 bridgehead atoms. The van der Waals surface area contributed by atoms with Gasteiger partial charge < -0.3 is 14.6 Å². The molecule has 0 saturated carbocycles. The van der Waals surface area contributed by atoms with Crippen LogP contribution in [0.5, 0.6) is 0 Å². The Bertz CT molecular complexity index is 741. The van der Waals surface area contributed by atoms with Crippen LogP contribution in [-0.2, 0) is 0 Å². The molecular formula is C14H10O4S. The van der Waals surface area contributed by atoms with Crippen LogP contribution in [0.1, 0.15) is 26.9 Å². The van der Waals surface area contributed by atoms with Gasteiger partial charge in [-0.1, -0.05) is 18.2 Å². The lowest BCUT2D eigenvalue weighted by molar-refractivity contribution is 0.0692. The maximum atomic E-state index is 11.1. The molecule has 3 rings (SSSR count). The van der Waals surface area contributed by atoms with Crippen LogP contribution in [0.25, 0.3) is 11.0 Å². The van der Waals surface area contributed by atoms with Gasteiger partial charge in [0.1, 0.15) is 11.7 Å². The highest BCUT2D eigenvalue weighted by Crippen LogP contribution is 2.34. The third-order valence-corrected chi connectivity index (χ3v) is 3.95. The van der Waals surface area contributed by atoms with Crippen molar-refractivity contribution in [2.24, 2.45) is 0 Å². The van der Waals surface area contributed by atoms with E-state index in [1.165, 1.54) is 23.7 Å². The molecule has 1 aromatic carbocycles. The number of aliphatic hydroxyl groups excluding tert-OH is 1. The van der Waals surface area contributed by atoms with Gasteiger partial charge in [-0.15, -0.1) is 11.3 Å². The van der Waals surface area contributed by atoms with Crippen molar-refractivity contribution in [2.75, 3.05) is 0 Å². The molecule has 3 aromatic rings. The van der Waals surface area contributed by atoms with Gasteiger partial charge in [0.05, 0.1) is 16.7 Å². The Morgan fingerprint density at radius 1 is 1.26 bits per heavy atom. The van der Waals surface area contributed by atoms with Crippen molar-refractivity contribution in [1.29, 1.82) is 0 Å². The molecule has 2 N–H and O–H groups in total. The van der Waals surface area contributed by atoms with Gasteiger partial charge in [0.25, 0.3) is 0 Å². The van der Waals surface area contributed by atoms with E-state index in [9.17, 15) is 9.90 Å². The third kappa shape index (κ3) is 1.93. The average Bonchev–Trinajstić information content (AvgIpc) is 3.05. The number of aliphatic hydroxyl groups is 1. The summed E-state index contributed by atoms with van der Waals surface area (Å²) in [6.45, 7) is 0. The quantitative estimate of drug-likeness (QED) is 0.769. The number of aromatic carboxylic acids is 1. The van der Waals surface area contributed by atoms with E-state index in [4.69, 9.17) is 9.52 Å². The first-order valence-corrected chi connectivity index (χ1v) is 6.51. The highest BCUT2D eigenvalue weighted by molar-refractivity contribution is 7.10. The minimum Gasteiger partial charge on any atom is -0.478 e. The summed E-state index contributed by atoms with van der Waals surface area (Å²) in [5, 5.41) is 21.9. The monoisotopic (exact) mass is 274 g/mol. The predicted molar refractivity (Wildman–Crippen MR) is 71.6 cm³/mol. The normalized spacial score (nSPS) is 12.7. The summed E-state index contributed by atoms with van der Waals surface area (Å²) in [5.74, 6) is -1.04. The fourth-order valence-electron chi connectivity index (χ4n) is 2.06. The summed E-state index contributed by atoms with van der Waals surface area (Å²) >= 11 is 1.22. The zero-order chi connectivity index (χ0) is 13.4. The number of hydrogen-bond acceptors (Lipinski definition) is 4. The number of thiophene rings is 1. The fourth-order valence-corrected chi connectivity index (χ4v) is 2.95. The Balaban J connectivity index is 2.11. The van der Waals surface area contributed by atoms with Crippen LogP contribution in [-0.4, -0.2) is 16.2 Å². The standard InChI is InChI=1S/C14H10O4S/c15-12(13-9(14(16)17)5-6-19-13)10-7-18-11-4-2-1-3-8(10)11/h1-7,12,15H,(H,16,17). The molecule has 0 amide bonds. The molecule has 0 spiro atoms. The van der Waals surface area contributed by atoms with E-state index in [0.29, 0.717) is 16.0 Å². The second-order valence-electron chi connectivity index (χ2n) is 4.09. The number of carbonyl (C=O) groups is 1. The number of benzene rings is 1. The molecule has 0 aliphatic rings. The lowest BCUT2D eigenvalue weighted by atomic mass is 10.0. The lowest BCUT2D eigenvalue weighted by Gasteiger charge is -2.08. The van der Waals surface area contributed by atoms with E-state index in [1.54, 1.807) is 11.4 Å². The molecule has 0 fully saturated rings. The van der Waals surface area contributed by atoms with E-state index >= 15 is 0 Å². The van der Waals surface area contributed by atoms with Gasteiger partial charge in [0.2, 0.25) is 0 Å². The van der Waals surface area contributed by atoms with Crippen molar-refractivity contribution < 1.29 is 19.4 Å². The second-order valence-corrected chi connectivity index (χ2v) is 5.04. The molecule has 2 aromatic heterocycles. The maximum Gasteiger partial charge on any atom is 0.336 e. The fraction of sp³-hybridized carbons (Fsp3) is 0.0714. The van der Waals surface area contributed by atoms with Gasteiger partial charge in [0, 0.05) is 10.9 Å². The van der Waals surface area contributed by atoms with Crippen LogP contribution < -0.4 is 0 Å². The Morgan fingerprint density at radius 2 is 2.05 bits per heavy atom. The molecule has 1 atom stereocenters. The topological polar surface area (TPSA) is 70.7 Å². The highest BCUT2D eigenvalue weighted by atomic mass is 32.1. The van der Waals surface area contributed by atoms with E-state index in [0.717, 1.165) is 5.39 Å². The molecule has 0 aliphatic heterocycles. The van der Waals surface area contributed by atoms with Crippen molar-refractivity contribution in [1.82, 2.24) is 0 Å². The molecule has 4 nitrogen and oxygen atoms in total. The number of furan rings is 1. The Hall–Kier alpha value is -2.11. The average molecular weight is 274 g/mol. The highest BCUT2D eigenvalue weighted by Gasteiger charge is 2.23. The van der Waals surface area contributed by atoms with Gasteiger partial charge in [-0.2, -0.15) is 0 Å². The zero-order valence-corrected chi connectivity index (χ0v) is 10.6. The Kier molecular flexibility index (Phi) is 2.85. The predicted octanol–water partition coefficient (Wildman–Crippen LogP) is 3.27. The van der Waals surface area contributed by atoms with Crippen molar-refractivity contribution in [3.63, 3.8) is 0 Å². The minimum absolute atomic E-state index is 0.128. The number of carboxylic acids is 1. The van der Waals surface area contributed by atoms with Crippen LogP contribution in [0.3, 0.4) is 0 Å². The number of carboxylic acid groups (broad SMARTS) is 1. The van der Waals surface area contributed by atoms with E-state index in [2.05, 4.69) is 0 Å². The van der Waals surface area contributed by atoms with Crippen LogP contribution in [0.15, 0.2) is 46.4 Å². The molecule has 1 unspecified atom stereocenters. The summed E-state index contributed by atoms with van der Waals surface area (Å²) in [7, 11) is 0. The van der Waals surface area contributed by atoms with Crippen LogP contribution in [0, 0.1) is 0 Å². The van der Waals surface area contributed by atoms with Crippen LogP contribution in [0.2, 0.25) is 0 Å². The molecule has 0 radical (unpaired) electrons. The van der Waals surface area contributed by atoms with Crippen LogP contribution in [0.4, 0.5) is 0 Å². The minimum atomic E-state index is -1.04. The Labute approximate surface area is 112 Å².